The second kappa shape index (κ2) is 16.5. The average Bonchev–Trinajstić information content (AvgIpc) is 2.87. The van der Waals surface area contributed by atoms with Gasteiger partial charge in [-0.15, -0.1) is 0 Å². The molecule has 0 aliphatic heterocycles. The molecule has 0 fully saturated rings. The fraction of sp³-hybridized carbons (Fsp3) is 0.560. The van der Waals surface area contributed by atoms with Crippen LogP contribution in [0.2, 0.25) is 0 Å². The van der Waals surface area contributed by atoms with E-state index in [4.69, 9.17) is 10.8 Å². The number of amides is 3. The smallest absolute Gasteiger partial charge is 0.326 e. The Kier molecular flexibility index (Phi) is 14.2. The molecular weight excluding hydrogens is 516 g/mol. The summed E-state index contributed by atoms with van der Waals surface area (Å²) in [7, 11) is 0. The number of carbonyl (C=O) groups excluding carboxylic acids is 3. The highest BCUT2D eigenvalue weighted by atomic mass is 32.2. The molecule has 0 saturated heterocycles. The minimum atomic E-state index is -1.37. The van der Waals surface area contributed by atoms with Crippen LogP contribution in [-0.4, -0.2) is 81.2 Å². The number of carbonyl (C=O) groups is 5. The zero-order chi connectivity index (χ0) is 28.8. The van der Waals surface area contributed by atoms with Crippen LogP contribution in [0.5, 0.6) is 5.75 Å². The van der Waals surface area contributed by atoms with Crippen LogP contribution in [0.3, 0.4) is 0 Å². The monoisotopic (exact) mass is 554 g/mol. The maximum Gasteiger partial charge on any atom is 0.326 e. The van der Waals surface area contributed by atoms with Gasteiger partial charge in [-0.25, -0.2) is 4.79 Å². The van der Waals surface area contributed by atoms with Crippen molar-refractivity contribution in [3.63, 3.8) is 0 Å². The number of aliphatic carboxylic acids is 2. The van der Waals surface area contributed by atoms with Crippen LogP contribution in [0.4, 0.5) is 0 Å². The van der Waals surface area contributed by atoms with Gasteiger partial charge >= 0.3 is 11.9 Å². The van der Waals surface area contributed by atoms with E-state index in [1.54, 1.807) is 26.0 Å². The number of carboxylic acids is 2. The SMILES string of the molecule is CCC(C)C(NC(=O)C(CCC(=O)O)NC(=O)C(Cc1ccc(O)cc1)NC(=O)C(N)CCSC)C(=O)O. The van der Waals surface area contributed by atoms with E-state index in [9.17, 15) is 34.2 Å². The Labute approximate surface area is 226 Å². The first-order chi connectivity index (χ1) is 17.9. The lowest BCUT2D eigenvalue weighted by atomic mass is 9.98. The fourth-order valence-corrected chi connectivity index (χ4v) is 3.97. The predicted octanol–water partition coefficient (Wildman–Crippen LogP) is 0.465. The average molecular weight is 555 g/mol. The van der Waals surface area contributed by atoms with Crippen molar-refractivity contribution in [1.82, 2.24) is 16.0 Å². The summed E-state index contributed by atoms with van der Waals surface area (Å²) in [4.78, 5) is 61.8. The van der Waals surface area contributed by atoms with E-state index in [2.05, 4.69) is 16.0 Å². The maximum absolute atomic E-state index is 13.3. The Bertz CT molecular complexity index is 959. The molecule has 5 unspecified atom stereocenters. The zero-order valence-corrected chi connectivity index (χ0v) is 22.6. The molecule has 5 atom stereocenters. The van der Waals surface area contributed by atoms with E-state index in [-0.39, 0.29) is 18.6 Å². The molecular formula is C25H38N4O8S. The number of hydrogen-bond acceptors (Lipinski definition) is 8. The summed E-state index contributed by atoms with van der Waals surface area (Å²) in [6, 6.07) is 1.29. The lowest BCUT2D eigenvalue weighted by molar-refractivity contribution is -0.144. The highest BCUT2D eigenvalue weighted by Gasteiger charge is 2.32. The third kappa shape index (κ3) is 11.4. The Morgan fingerprint density at radius 2 is 1.50 bits per heavy atom. The molecule has 0 bridgehead atoms. The van der Waals surface area contributed by atoms with E-state index in [1.807, 2.05) is 6.26 Å². The van der Waals surface area contributed by atoms with Crippen LogP contribution >= 0.6 is 11.8 Å². The molecule has 1 rings (SSSR count). The Balaban J connectivity index is 3.17. The van der Waals surface area contributed by atoms with Crippen molar-refractivity contribution in [2.24, 2.45) is 11.7 Å². The minimum Gasteiger partial charge on any atom is -0.508 e. The standard InChI is InChI=1S/C25H38N4O8S/c1-4-14(2)21(25(36)37)29-23(34)18(9-10-20(31)32)27-24(35)19(13-15-5-7-16(30)8-6-15)28-22(33)17(26)11-12-38-3/h5-8,14,17-19,21,30H,4,9-13,26H2,1-3H3,(H,27,35)(H,28,33)(H,29,34)(H,31,32)(H,36,37). The second-order valence-corrected chi connectivity index (χ2v) is 10.0. The summed E-state index contributed by atoms with van der Waals surface area (Å²) in [6.45, 7) is 3.41. The number of carboxylic acid groups (broad SMARTS) is 2. The molecule has 0 aromatic heterocycles. The number of nitrogens with two attached hydrogens (primary N) is 1. The van der Waals surface area contributed by atoms with Crippen LogP contribution < -0.4 is 21.7 Å². The van der Waals surface area contributed by atoms with Crippen LogP contribution in [0.15, 0.2) is 24.3 Å². The third-order valence-corrected chi connectivity index (χ3v) is 6.68. The van der Waals surface area contributed by atoms with Gasteiger partial charge in [0.1, 0.15) is 23.9 Å². The van der Waals surface area contributed by atoms with Crippen molar-refractivity contribution in [2.75, 3.05) is 12.0 Å². The Hall–Kier alpha value is -3.32. The summed E-state index contributed by atoms with van der Waals surface area (Å²) in [5.74, 6) is -4.44. The van der Waals surface area contributed by atoms with Gasteiger partial charge in [-0.2, -0.15) is 11.8 Å². The molecule has 38 heavy (non-hydrogen) atoms. The van der Waals surface area contributed by atoms with E-state index >= 15 is 0 Å². The van der Waals surface area contributed by atoms with Gasteiger partial charge in [-0.1, -0.05) is 32.4 Å². The first-order valence-electron chi connectivity index (χ1n) is 12.3. The first kappa shape index (κ1) is 32.7. The Morgan fingerprint density at radius 3 is 2.03 bits per heavy atom. The molecule has 1 aromatic rings. The van der Waals surface area contributed by atoms with Crippen molar-refractivity contribution in [1.29, 1.82) is 0 Å². The second-order valence-electron chi connectivity index (χ2n) is 9.02. The number of phenolic OH excluding ortho intramolecular Hbond substituents is 1. The van der Waals surface area contributed by atoms with Crippen LogP contribution in [0.25, 0.3) is 0 Å². The number of thioether (sulfide) groups is 1. The number of nitrogens with one attached hydrogen (secondary N) is 3. The maximum atomic E-state index is 13.3. The number of phenols is 1. The summed E-state index contributed by atoms with van der Waals surface area (Å²) >= 11 is 1.51. The van der Waals surface area contributed by atoms with Crippen LogP contribution in [-0.2, 0) is 30.4 Å². The molecule has 1 aromatic carbocycles. The summed E-state index contributed by atoms with van der Waals surface area (Å²) in [5.41, 5.74) is 6.54. The van der Waals surface area contributed by atoms with E-state index in [0.29, 0.717) is 24.2 Å². The van der Waals surface area contributed by atoms with Gasteiger partial charge in [-0.3, -0.25) is 19.2 Å². The number of hydrogen-bond donors (Lipinski definition) is 7. The van der Waals surface area contributed by atoms with Crippen LogP contribution in [0, 0.1) is 5.92 Å². The lowest BCUT2D eigenvalue weighted by Crippen LogP contribution is -2.58. The molecule has 12 nitrogen and oxygen atoms in total. The largest absolute Gasteiger partial charge is 0.508 e. The first-order valence-corrected chi connectivity index (χ1v) is 13.7. The number of aromatic hydroxyl groups is 1. The van der Waals surface area contributed by atoms with Gasteiger partial charge < -0.3 is 37.0 Å². The van der Waals surface area contributed by atoms with Crippen LogP contribution in [0.1, 0.15) is 45.1 Å². The number of benzene rings is 1. The van der Waals surface area contributed by atoms with Gasteiger partial charge in [0.25, 0.3) is 0 Å². The van der Waals surface area contributed by atoms with Gasteiger partial charge in [0.2, 0.25) is 17.7 Å². The molecule has 3 amide bonds. The summed E-state index contributed by atoms with van der Waals surface area (Å²) in [5, 5.41) is 35.6. The molecule has 0 spiro atoms. The van der Waals surface area contributed by atoms with Crippen molar-refractivity contribution in [3.8, 4) is 5.75 Å². The predicted molar refractivity (Wildman–Crippen MR) is 143 cm³/mol. The van der Waals surface area contributed by atoms with Crippen molar-refractivity contribution in [3.05, 3.63) is 29.8 Å². The van der Waals surface area contributed by atoms with E-state index in [1.165, 1.54) is 23.9 Å². The number of rotatable bonds is 17. The highest BCUT2D eigenvalue weighted by Crippen LogP contribution is 2.13. The molecule has 212 valence electrons. The van der Waals surface area contributed by atoms with Crippen molar-refractivity contribution < 1.29 is 39.3 Å². The third-order valence-electron chi connectivity index (χ3n) is 6.04. The minimum absolute atomic E-state index is 0.00894. The normalized spacial score (nSPS) is 14.8. The molecule has 13 heteroatoms. The molecule has 8 N–H and O–H groups in total. The zero-order valence-electron chi connectivity index (χ0n) is 21.8. The van der Waals surface area contributed by atoms with E-state index < -0.39 is 66.2 Å². The highest BCUT2D eigenvalue weighted by molar-refractivity contribution is 7.98. The van der Waals surface area contributed by atoms with Gasteiger partial charge in [0.15, 0.2) is 0 Å². The van der Waals surface area contributed by atoms with Crippen molar-refractivity contribution in [2.45, 2.75) is 70.1 Å². The molecule has 0 aliphatic carbocycles. The summed E-state index contributed by atoms with van der Waals surface area (Å²) in [6.07, 6.45) is 1.92. The lowest BCUT2D eigenvalue weighted by Gasteiger charge is -2.26. The topological polar surface area (TPSA) is 208 Å². The van der Waals surface area contributed by atoms with Gasteiger partial charge in [0, 0.05) is 12.8 Å². The quantitative estimate of drug-likeness (QED) is 0.141. The van der Waals surface area contributed by atoms with Gasteiger partial charge in [-0.05, 0) is 48.5 Å². The molecule has 0 radical (unpaired) electrons. The van der Waals surface area contributed by atoms with Crippen molar-refractivity contribution >= 4 is 41.4 Å². The fourth-order valence-electron chi connectivity index (χ4n) is 3.48. The Morgan fingerprint density at radius 1 is 0.921 bits per heavy atom. The molecule has 0 heterocycles. The van der Waals surface area contributed by atoms with E-state index in [0.717, 1.165) is 0 Å². The van der Waals surface area contributed by atoms with Gasteiger partial charge in [0.05, 0.1) is 6.04 Å². The summed E-state index contributed by atoms with van der Waals surface area (Å²) < 4.78 is 0. The molecule has 0 saturated carbocycles. The molecule has 0 aliphatic rings.